The number of nitrogens with one attached hydrogen (secondary N) is 2. The van der Waals surface area contributed by atoms with Gasteiger partial charge in [-0.2, -0.15) is 0 Å². The monoisotopic (exact) mass is 423 g/mol. The van der Waals surface area contributed by atoms with Gasteiger partial charge in [0.25, 0.3) is 0 Å². The highest BCUT2D eigenvalue weighted by Crippen LogP contribution is 2.31. The number of aliphatic imine (C=N–C) groups is 1. The molecule has 3 heterocycles. The number of para-hydroxylation sites is 1. The largest absolute Gasteiger partial charge is 0.493 e. The van der Waals surface area contributed by atoms with Crippen LogP contribution < -0.4 is 15.4 Å². The Morgan fingerprint density at radius 1 is 1.23 bits per heavy atom. The molecule has 0 radical (unpaired) electrons. The van der Waals surface area contributed by atoms with Gasteiger partial charge in [-0.1, -0.05) is 24.3 Å². The summed E-state index contributed by atoms with van der Waals surface area (Å²) >= 11 is 0. The standard InChI is InChI=1S/C23H33N7O/c1-4-12-30-13-9-18(10-14-30)25-23(24-16-22-28-27-17(2)29(22)3)26-20-11-15-31-21-8-6-5-7-19(20)21/h4-8,18,20H,1,9-16H2,2-3H3,(H2,24,25,26). The third kappa shape index (κ3) is 5.25. The number of fused-ring (bicyclic) bond motifs is 1. The third-order valence-corrected chi connectivity index (χ3v) is 6.15. The molecule has 166 valence electrons. The molecule has 0 amide bonds. The number of rotatable bonds is 6. The van der Waals surface area contributed by atoms with Crippen LogP contribution in [0.1, 0.15) is 42.5 Å². The van der Waals surface area contributed by atoms with Crippen LogP contribution in [0.25, 0.3) is 0 Å². The normalized spacial score (nSPS) is 20.1. The van der Waals surface area contributed by atoms with Crippen LogP contribution >= 0.6 is 0 Å². The maximum Gasteiger partial charge on any atom is 0.192 e. The molecule has 1 saturated heterocycles. The molecule has 1 aromatic carbocycles. The van der Waals surface area contributed by atoms with Gasteiger partial charge in [0.15, 0.2) is 11.8 Å². The van der Waals surface area contributed by atoms with Crippen molar-refractivity contribution in [1.29, 1.82) is 0 Å². The molecule has 1 atom stereocenters. The van der Waals surface area contributed by atoms with Crippen LogP contribution in [0.15, 0.2) is 41.9 Å². The van der Waals surface area contributed by atoms with Crippen molar-refractivity contribution in [2.24, 2.45) is 12.0 Å². The molecular formula is C23H33N7O. The Hall–Kier alpha value is -2.87. The van der Waals surface area contributed by atoms with E-state index in [4.69, 9.17) is 9.73 Å². The summed E-state index contributed by atoms with van der Waals surface area (Å²) in [4.78, 5) is 7.32. The van der Waals surface area contributed by atoms with E-state index in [1.807, 2.05) is 36.7 Å². The first-order valence-electron chi connectivity index (χ1n) is 11.1. The molecule has 0 bridgehead atoms. The minimum atomic E-state index is 0.165. The van der Waals surface area contributed by atoms with E-state index in [1.165, 1.54) is 5.56 Å². The highest BCUT2D eigenvalue weighted by molar-refractivity contribution is 5.80. The van der Waals surface area contributed by atoms with E-state index in [0.717, 1.165) is 62.3 Å². The number of aromatic nitrogens is 3. The van der Waals surface area contributed by atoms with Gasteiger partial charge in [0.05, 0.1) is 12.6 Å². The van der Waals surface area contributed by atoms with Gasteiger partial charge in [-0.05, 0) is 25.8 Å². The molecule has 2 aromatic rings. The average molecular weight is 424 g/mol. The zero-order valence-corrected chi connectivity index (χ0v) is 18.5. The molecule has 8 nitrogen and oxygen atoms in total. The molecule has 2 aliphatic rings. The van der Waals surface area contributed by atoms with Crippen molar-refractivity contribution in [3.63, 3.8) is 0 Å². The predicted molar refractivity (Wildman–Crippen MR) is 122 cm³/mol. The Bertz CT molecular complexity index is 914. The lowest BCUT2D eigenvalue weighted by atomic mass is 10.0. The fourth-order valence-corrected chi connectivity index (χ4v) is 4.16. The molecule has 0 aliphatic carbocycles. The van der Waals surface area contributed by atoms with Crippen LogP contribution in [0.2, 0.25) is 0 Å². The molecule has 4 rings (SSSR count). The van der Waals surface area contributed by atoms with E-state index in [-0.39, 0.29) is 6.04 Å². The lowest BCUT2D eigenvalue weighted by Gasteiger charge is -2.34. The van der Waals surface area contributed by atoms with Crippen LogP contribution in [0, 0.1) is 6.92 Å². The minimum absolute atomic E-state index is 0.165. The number of guanidine groups is 1. The van der Waals surface area contributed by atoms with Gasteiger partial charge in [0, 0.05) is 44.7 Å². The van der Waals surface area contributed by atoms with Crippen molar-refractivity contribution in [3.05, 3.63) is 54.1 Å². The van der Waals surface area contributed by atoms with Crippen molar-refractivity contribution >= 4 is 5.96 Å². The summed E-state index contributed by atoms with van der Waals surface area (Å²) in [6.07, 6.45) is 5.05. The van der Waals surface area contributed by atoms with E-state index in [0.29, 0.717) is 19.2 Å². The van der Waals surface area contributed by atoms with E-state index in [9.17, 15) is 0 Å². The summed E-state index contributed by atoms with van der Waals surface area (Å²) in [6.45, 7) is 10.1. The Morgan fingerprint density at radius 3 is 2.77 bits per heavy atom. The molecule has 2 aliphatic heterocycles. The number of ether oxygens (including phenoxy) is 1. The second kappa shape index (κ2) is 9.96. The van der Waals surface area contributed by atoms with E-state index in [2.05, 4.69) is 44.4 Å². The molecule has 1 fully saturated rings. The fourth-order valence-electron chi connectivity index (χ4n) is 4.16. The molecular weight excluding hydrogens is 390 g/mol. The first-order chi connectivity index (χ1) is 15.1. The molecule has 8 heteroatoms. The maximum atomic E-state index is 5.83. The second-order valence-corrected chi connectivity index (χ2v) is 8.27. The van der Waals surface area contributed by atoms with E-state index >= 15 is 0 Å². The summed E-state index contributed by atoms with van der Waals surface area (Å²) in [5.74, 6) is 3.52. The van der Waals surface area contributed by atoms with Crippen molar-refractivity contribution in [3.8, 4) is 5.75 Å². The van der Waals surface area contributed by atoms with Crippen LogP contribution in [-0.2, 0) is 13.6 Å². The van der Waals surface area contributed by atoms with Crippen LogP contribution in [-0.4, -0.2) is 57.9 Å². The highest BCUT2D eigenvalue weighted by Gasteiger charge is 2.24. The van der Waals surface area contributed by atoms with Crippen molar-refractivity contribution < 1.29 is 4.74 Å². The zero-order valence-electron chi connectivity index (χ0n) is 18.5. The summed E-state index contributed by atoms with van der Waals surface area (Å²) in [6, 6.07) is 8.79. The molecule has 0 saturated carbocycles. The summed E-state index contributed by atoms with van der Waals surface area (Å²) in [7, 11) is 1.98. The lowest BCUT2D eigenvalue weighted by Crippen LogP contribution is -2.49. The number of hydrogen-bond donors (Lipinski definition) is 2. The Balaban J connectivity index is 1.48. The van der Waals surface area contributed by atoms with Crippen LogP contribution in [0.4, 0.5) is 0 Å². The van der Waals surface area contributed by atoms with Gasteiger partial charge in [0.2, 0.25) is 0 Å². The van der Waals surface area contributed by atoms with Crippen LogP contribution in [0.5, 0.6) is 5.75 Å². The molecule has 2 N–H and O–H groups in total. The quantitative estimate of drug-likeness (QED) is 0.422. The number of hydrogen-bond acceptors (Lipinski definition) is 5. The van der Waals surface area contributed by atoms with Crippen LogP contribution in [0.3, 0.4) is 0 Å². The van der Waals surface area contributed by atoms with Gasteiger partial charge in [-0.15, -0.1) is 16.8 Å². The summed E-state index contributed by atoms with van der Waals surface area (Å²) in [5, 5.41) is 15.8. The maximum absolute atomic E-state index is 5.83. The number of benzene rings is 1. The van der Waals surface area contributed by atoms with Crippen molar-refractivity contribution in [2.75, 3.05) is 26.2 Å². The topological polar surface area (TPSA) is 79.6 Å². The lowest BCUT2D eigenvalue weighted by molar-refractivity contribution is 0.224. The molecule has 1 unspecified atom stereocenters. The average Bonchev–Trinajstić information content (AvgIpc) is 3.11. The SMILES string of the molecule is C=CCN1CCC(NC(=NCc2nnc(C)n2C)NC2CCOc3ccccc32)CC1. The third-order valence-electron chi connectivity index (χ3n) is 6.15. The first-order valence-corrected chi connectivity index (χ1v) is 11.1. The summed E-state index contributed by atoms with van der Waals surface area (Å²) in [5.41, 5.74) is 1.18. The number of nitrogens with zero attached hydrogens (tertiary/aromatic N) is 5. The molecule has 0 spiro atoms. The van der Waals surface area contributed by atoms with Gasteiger partial charge in [0.1, 0.15) is 18.1 Å². The predicted octanol–water partition coefficient (Wildman–Crippen LogP) is 2.33. The Morgan fingerprint density at radius 2 is 2.03 bits per heavy atom. The van der Waals surface area contributed by atoms with Crippen molar-refractivity contribution in [2.45, 2.75) is 44.8 Å². The molecule has 31 heavy (non-hydrogen) atoms. The zero-order chi connectivity index (χ0) is 21.6. The Labute approximate surface area is 184 Å². The van der Waals surface area contributed by atoms with E-state index < -0.39 is 0 Å². The van der Waals surface area contributed by atoms with E-state index in [1.54, 1.807) is 0 Å². The van der Waals surface area contributed by atoms with Gasteiger partial charge >= 0.3 is 0 Å². The van der Waals surface area contributed by atoms with Crippen molar-refractivity contribution in [1.82, 2.24) is 30.3 Å². The highest BCUT2D eigenvalue weighted by atomic mass is 16.5. The number of piperidine rings is 1. The van der Waals surface area contributed by atoms with Gasteiger partial charge < -0.3 is 19.9 Å². The van der Waals surface area contributed by atoms with Gasteiger partial charge in [-0.25, -0.2) is 4.99 Å². The summed E-state index contributed by atoms with van der Waals surface area (Å²) < 4.78 is 7.82. The number of aryl methyl sites for hydroxylation is 1. The van der Waals surface area contributed by atoms with Gasteiger partial charge in [-0.3, -0.25) is 4.90 Å². The molecule has 1 aromatic heterocycles. The fraction of sp³-hybridized carbons (Fsp3) is 0.522. The smallest absolute Gasteiger partial charge is 0.192 e. The minimum Gasteiger partial charge on any atom is -0.493 e. The first kappa shape index (κ1) is 21.4. The number of likely N-dealkylation sites (tertiary alicyclic amines) is 1. The second-order valence-electron chi connectivity index (χ2n) is 8.27. The Kier molecular flexibility index (Phi) is 6.86.